The number of rotatable bonds is 1. The van der Waals surface area contributed by atoms with Crippen LogP contribution >= 0.6 is 0 Å². The molecule has 0 bridgehead atoms. The van der Waals surface area contributed by atoms with Gasteiger partial charge in [0.1, 0.15) is 0 Å². The highest BCUT2D eigenvalue weighted by Gasteiger charge is 2.37. The van der Waals surface area contributed by atoms with Crippen LogP contribution in [0.5, 0.6) is 0 Å². The van der Waals surface area contributed by atoms with Gasteiger partial charge in [-0.2, -0.15) is 5.26 Å². The summed E-state index contributed by atoms with van der Waals surface area (Å²) in [5.74, 6) is -0.793. The van der Waals surface area contributed by atoms with Crippen molar-refractivity contribution in [2.24, 2.45) is 11.3 Å². The van der Waals surface area contributed by atoms with Crippen molar-refractivity contribution in [3.05, 3.63) is 6.92 Å². The predicted octanol–water partition coefficient (Wildman–Crippen LogP) is 1.61. The Kier molecular flexibility index (Phi) is 2.37. The molecule has 3 nitrogen and oxygen atoms in total. The Bertz CT molecular complexity index is 221. The third-order valence-corrected chi connectivity index (χ3v) is 2.58. The van der Waals surface area contributed by atoms with Crippen molar-refractivity contribution in [3.8, 4) is 6.07 Å². The van der Waals surface area contributed by atoms with Gasteiger partial charge in [0.2, 0.25) is 0 Å². The number of aliphatic carboxylic acids is 1. The highest BCUT2D eigenvalue weighted by atomic mass is 16.4. The molecule has 3 heteroatoms. The van der Waals surface area contributed by atoms with Crippen LogP contribution in [0.15, 0.2) is 0 Å². The first-order chi connectivity index (χ1) is 5.58. The van der Waals surface area contributed by atoms with Gasteiger partial charge >= 0.3 is 5.97 Å². The first-order valence-corrected chi connectivity index (χ1v) is 4.07. The van der Waals surface area contributed by atoms with E-state index in [-0.39, 0.29) is 5.92 Å². The molecule has 12 heavy (non-hydrogen) atoms. The Labute approximate surface area is 72.0 Å². The van der Waals surface area contributed by atoms with Crippen LogP contribution in [0.1, 0.15) is 25.7 Å². The van der Waals surface area contributed by atoms with E-state index in [9.17, 15) is 4.79 Å². The summed E-state index contributed by atoms with van der Waals surface area (Å²) in [7, 11) is 0. The Balaban J connectivity index is 2.56. The molecule has 1 radical (unpaired) electrons. The SMILES string of the molecule is [CH2]C1(C(=O)O)CCC(C#N)CC1. The summed E-state index contributed by atoms with van der Waals surface area (Å²) in [6.45, 7) is 3.69. The lowest BCUT2D eigenvalue weighted by Gasteiger charge is -2.30. The maximum Gasteiger partial charge on any atom is 0.309 e. The molecule has 1 fully saturated rings. The van der Waals surface area contributed by atoms with Crippen molar-refractivity contribution in [3.63, 3.8) is 0 Å². The molecule has 1 N–H and O–H groups in total. The fourth-order valence-corrected chi connectivity index (χ4v) is 1.51. The first kappa shape index (κ1) is 9.05. The van der Waals surface area contributed by atoms with Gasteiger partial charge < -0.3 is 5.11 Å². The van der Waals surface area contributed by atoms with Crippen LogP contribution in [-0.4, -0.2) is 11.1 Å². The Morgan fingerprint density at radius 2 is 2.08 bits per heavy atom. The lowest BCUT2D eigenvalue weighted by atomic mass is 9.72. The summed E-state index contributed by atoms with van der Waals surface area (Å²) in [6.07, 6.45) is 2.40. The van der Waals surface area contributed by atoms with E-state index in [1.165, 1.54) is 0 Å². The van der Waals surface area contributed by atoms with Crippen LogP contribution in [0.3, 0.4) is 0 Å². The van der Waals surface area contributed by atoms with Gasteiger partial charge in [-0.15, -0.1) is 0 Å². The fourth-order valence-electron chi connectivity index (χ4n) is 1.51. The van der Waals surface area contributed by atoms with Crippen LogP contribution in [0, 0.1) is 29.6 Å². The average Bonchev–Trinajstić information content (AvgIpc) is 2.06. The van der Waals surface area contributed by atoms with Gasteiger partial charge in [-0.25, -0.2) is 0 Å². The number of nitriles is 1. The highest BCUT2D eigenvalue weighted by molar-refractivity contribution is 5.75. The predicted molar refractivity (Wildman–Crippen MR) is 43.0 cm³/mol. The fraction of sp³-hybridized carbons (Fsp3) is 0.667. The number of hydrogen-bond acceptors (Lipinski definition) is 2. The Hall–Kier alpha value is -1.04. The van der Waals surface area contributed by atoms with E-state index in [4.69, 9.17) is 10.4 Å². The molecule has 0 aliphatic heterocycles. The van der Waals surface area contributed by atoms with Gasteiger partial charge in [0.25, 0.3) is 0 Å². The minimum Gasteiger partial charge on any atom is -0.481 e. The topological polar surface area (TPSA) is 61.1 Å². The molecule has 0 aromatic carbocycles. The van der Waals surface area contributed by atoms with E-state index < -0.39 is 11.4 Å². The standard InChI is InChI=1S/C9H12NO2/c1-9(8(11)12)4-2-7(6-10)3-5-9/h7H,1-5H2,(H,11,12). The van der Waals surface area contributed by atoms with E-state index in [2.05, 4.69) is 13.0 Å². The van der Waals surface area contributed by atoms with Crippen LogP contribution in [-0.2, 0) is 4.79 Å². The number of carbonyl (C=O) groups is 1. The molecule has 1 rings (SSSR count). The van der Waals surface area contributed by atoms with Gasteiger partial charge in [-0.1, -0.05) is 0 Å². The normalized spacial score (nSPS) is 35.5. The third-order valence-electron chi connectivity index (χ3n) is 2.58. The van der Waals surface area contributed by atoms with Crippen LogP contribution < -0.4 is 0 Å². The zero-order valence-corrected chi connectivity index (χ0v) is 6.92. The van der Waals surface area contributed by atoms with E-state index >= 15 is 0 Å². The number of carboxylic acid groups (broad SMARTS) is 1. The van der Waals surface area contributed by atoms with Crippen molar-refractivity contribution in [2.75, 3.05) is 0 Å². The molecule has 0 heterocycles. The molecule has 0 aromatic heterocycles. The van der Waals surface area contributed by atoms with Gasteiger partial charge in [0.15, 0.2) is 0 Å². The number of hydrogen-bond donors (Lipinski definition) is 1. The second-order valence-electron chi connectivity index (χ2n) is 3.49. The van der Waals surface area contributed by atoms with Crippen molar-refractivity contribution >= 4 is 5.97 Å². The lowest BCUT2D eigenvalue weighted by molar-refractivity contribution is -0.148. The zero-order chi connectivity index (χ0) is 9.19. The van der Waals surface area contributed by atoms with Crippen LogP contribution in [0.4, 0.5) is 0 Å². The molecule has 65 valence electrons. The third kappa shape index (κ3) is 1.58. The first-order valence-electron chi connectivity index (χ1n) is 4.07. The summed E-state index contributed by atoms with van der Waals surface area (Å²) in [6, 6.07) is 2.16. The maximum absolute atomic E-state index is 10.7. The van der Waals surface area contributed by atoms with Crippen LogP contribution in [0.2, 0.25) is 0 Å². The molecule has 1 saturated carbocycles. The molecular weight excluding hydrogens is 154 g/mol. The zero-order valence-electron chi connectivity index (χ0n) is 6.92. The van der Waals surface area contributed by atoms with Crippen LogP contribution in [0.25, 0.3) is 0 Å². The molecule has 0 aromatic rings. The minimum absolute atomic E-state index is 0.0409. The smallest absolute Gasteiger partial charge is 0.309 e. The minimum atomic E-state index is -0.834. The Morgan fingerprint density at radius 3 is 2.42 bits per heavy atom. The lowest BCUT2D eigenvalue weighted by Crippen LogP contribution is -2.32. The summed E-state index contributed by atoms with van der Waals surface area (Å²) >= 11 is 0. The monoisotopic (exact) mass is 166 g/mol. The Morgan fingerprint density at radius 1 is 1.58 bits per heavy atom. The maximum atomic E-state index is 10.7. The van der Waals surface area contributed by atoms with Crippen molar-refractivity contribution in [2.45, 2.75) is 25.7 Å². The van der Waals surface area contributed by atoms with Crippen molar-refractivity contribution < 1.29 is 9.90 Å². The van der Waals surface area contributed by atoms with Gasteiger partial charge in [-0.05, 0) is 32.6 Å². The molecule has 0 unspecified atom stereocenters. The number of carboxylic acids is 1. The average molecular weight is 166 g/mol. The van der Waals surface area contributed by atoms with Gasteiger partial charge in [-0.3, -0.25) is 4.79 Å². The molecular formula is C9H12NO2. The molecule has 0 atom stereocenters. The second-order valence-corrected chi connectivity index (χ2v) is 3.49. The van der Waals surface area contributed by atoms with Gasteiger partial charge in [0, 0.05) is 5.92 Å². The van der Waals surface area contributed by atoms with E-state index in [1.54, 1.807) is 0 Å². The van der Waals surface area contributed by atoms with E-state index in [0.29, 0.717) is 25.7 Å². The van der Waals surface area contributed by atoms with E-state index in [1.807, 2.05) is 0 Å². The van der Waals surface area contributed by atoms with Gasteiger partial charge in [0.05, 0.1) is 11.5 Å². The summed E-state index contributed by atoms with van der Waals surface area (Å²) in [5.41, 5.74) is -0.826. The van der Waals surface area contributed by atoms with Crippen molar-refractivity contribution in [1.29, 1.82) is 5.26 Å². The molecule has 0 spiro atoms. The molecule has 0 saturated heterocycles. The quantitative estimate of drug-likeness (QED) is 0.643. The second kappa shape index (κ2) is 3.14. The summed E-state index contributed by atoms with van der Waals surface area (Å²) in [4.78, 5) is 10.7. The van der Waals surface area contributed by atoms with E-state index in [0.717, 1.165) is 0 Å². The molecule has 1 aliphatic carbocycles. The molecule has 1 aliphatic rings. The highest BCUT2D eigenvalue weighted by Crippen LogP contribution is 2.37. The molecule has 0 amide bonds. The largest absolute Gasteiger partial charge is 0.481 e. The summed E-state index contributed by atoms with van der Waals surface area (Å²) < 4.78 is 0. The summed E-state index contributed by atoms with van der Waals surface area (Å²) in [5, 5.41) is 17.4. The van der Waals surface area contributed by atoms with Crippen molar-refractivity contribution in [1.82, 2.24) is 0 Å². The number of nitrogens with zero attached hydrogens (tertiary/aromatic N) is 1.